The summed E-state index contributed by atoms with van der Waals surface area (Å²) in [5.41, 5.74) is 1.02. The molecule has 1 aliphatic rings. The lowest BCUT2D eigenvalue weighted by Gasteiger charge is -2.27. The Bertz CT molecular complexity index is 936. The molecule has 4 heterocycles. The highest BCUT2D eigenvalue weighted by Crippen LogP contribution is 2.35. The summed E-state index contributed by atoms with van der Waals surface area (Å²) < 4.78 is 3.79. The van der Waals surface area contributed by atoms with Crippen LogP contribution in [-0.2, 0) is 7.05 Å². The van der Waals surface area contributed by atoms with Crippen LogP contribution in [0.2, 0.25) is 0 Å². The minimum Gasteiger partial charge on any atom is -0.306 e. The van der Waals surface area contributed by atoms with E-state index in [1.807, 2.05) is 22.5 Å². The Labute approximate surface area is 164 Å². The number of aromatic nitrogens is 6. The molecular weight excluding hydrogens is 358 g/mol. The molecule has 0 radical (unpaired) electrons. The van der Waals surface area contributed by atoms with E-state index in [-0.39, 0.29) is 0 Å². The van der Waals surface area contributed by atoms with Crippen LogP contribution in [0.5, 0.6) is 0 Å². The molecule has 7 nitrogen and oxygen atoms in total. The van der Waals surface area contributed by atoms with Crippen molar-refractivity contribution < 1.29 is 0 Å². The average molecular weight is 386 g/mol. The van der Waals surface area contributed by atoms with Crippen molar-refractivity contribution in [2.75, 3.05) is 20.1 Å². The maximum absolute atomic E-state index is 5.02. The standard InChI is InChI=1S/C19H27N7S/c1-12(2)19-21-13(3)16(27-19)18-22-17(14-7-6-10-24(4)11-14)23-26(18)15-8-9-20-25(15)5/h8-9,12,14H,6-7,10-11H2,1-5H3. The Balaban J connectivity index is 1.83. The van der Waals surface area contributed by atoms with Gasteiger partial charge in [0.2, 0.25) is 0 Å². The smallest absolute Gasteiger partial charge is 0.177 e. The summed E-state index contributed by atoms with van der Waals surface area (Å²) in [4.78, 5) is 13.3. The van der Waals surface area contributed by atoms with E-state index >= 15 is 0 Å². The molecule has 0 aromatic carbocycles. The zero-order chi connectivity index (χ0) is 19.1. The van der Waals surface area contributed by atoms with Crippen LogP contribution in [0, 0.1) is 6.92 Å². The number of rotatable bonds is 4. The second kappa shape index (κ2) is 7.16. The lowest BCUT2D eigenvalue weighted by Crippen LogP contribution is -2.31. The van der Waals surface area contributed by atoms with Gasteiger partial charge in [0.1, 0.15) is 0 Å². The van der Waals surface area contributed by atoms with Gasteiger partial charge in [-0.1, -0.05) is 13.8 Å². The molecule has 3 aromatic rings. The summed E-state index contributed by atoms with van der Waals surface area (Å²) >= 11 is 1.72. The zero-order valence-corrected chi connectivity index (χ0v) is 17.5. The van der Waals surface area contributed by atoms with Crippen LogP contribution in [0.15, 0.2) is 12.3 Å². The number of likely N-dealkylation sites (N-methyl/N-ethyl adjacent to an activating group) is 1. The molecule has 144 valence electrons. The maximum atomic E-state index is 5.02. The highest BCUT2D eigenvalue weighted by molar-refractivity contribution is 7.15. The minimum atomic E-state index is 0.370. The fourth-order valence-electron chi connectivity index (χ4n) is 3.63. The molecule has 1 unspecified atom stereocenters. The minimum absolute atomic E-state index is 0.370. The first kappa shape index (κ1) is 18.3. The van der Waals surface area contributed by atoms with Crippen molar-refractivity contribution in [2.45, 2.75) is 45.4 Å². The van der Waals surface area contributed by atoms with Gasteiger partial charge in [-0.3, -0.25) is 4.68 Å². The number of likely N-dealkylation sites (tertiary alicyclic amines) is 1. The Kier molecular flexibility index (Phi) is 4.86. The molecule has 27 heavy (non-hydrogen) atoms. The van der Waals surface area contributed by atoms with Gasteiger partial charge in [0.15, 0.2) is 17.5 Å². The third-order valence-electron chi connectivity index (χ3n) is 5.14. The molecule has 1 saturated heterocycles. The van der Waals surface area contributed by atoms with Gasteiger partial charge in [-0.05, 0) is 33.4 Å². The normalized spacial score (nSPS) is 18.5. The third kappa shape index (κ3) is 3.43. The number of nitrogens with zero attached hydrogens (tertiary/aromatic N) is 7. The molecular formula is C19H27N7S. The van der Waals surface area contributed by atoms with Gasteiger partial charge in [0, 0.05) is 31.5 Å². The van der Waals surface area contributed by atoms with E-state index in [1.54, 1.807) is 17.5 Å². The van der Waals surface area contributed by atoms with Crippen molar-refractivity contribution in [3.63, 3.8) is 0 Å². The molecule has 0 aliphatic carbocycles. The number of thiazole rings is 1. The fraction of sp³-hybridized carbons (Fsp3) is 0.579. The summed E-state index contributed by atoms with van der Waals surface area (Å²) in [6.45, 7) is 8.58. The van der Waals surface area contributed by atoms with Crippen LogP contribution in [0.4, 0.5) is 0 Å². The second-order valence-electron chi connectivity index (χ2n) is 7.74. The molecule has 8 heteroatoms. The van der Waals surface area contributed by atoms with Crippen molar-refractivity contribution in [1.82, 2.24) is 34.4 Å². The fourth-order valence-corrected chi connectivity index (χ4v) is 4.68. The summed E-state index contributed by atoms with van der Waals surface area (Å²) in [6.07, 6.45) is 4.12. The Hall–Kier alpha value is -2.06. The van der Waals surface area contributed by atoms with Gasteiger partial charge < -0.3 is 4.90 Å². The molecule has 1 fully saturated rings. The number of hydrogen-bond donors (Lipinski definition) is 0. The third-order valence-corrected chi connectivity index (χ3v) is 6.59. The molecule has 4 rings (SSSR count). The first-order valence-corrected chi connectivity index (χ1v) is 10.4. The van der Waals surface area contributed by atoms with Crippen molar-refractivity contribution in [1.29, 1.82) is 0 Å². The Morgan fingerprint density at radius 1 is 1.22 bits per heavy atom. The van der Waals surface area contributed by atoms with E-state index in [1.165, 1.54) is 6.42 Å². The molecule has 1 atom stereocenters. The number of aryl methyl sites for hydroxylation is 2. The van der Waals surface area contributed by atoms with E-state index in [9.17, 15) is 0 Å². The van der Waals surface area contributed by atoms with Gasteiger partial charge in [0.05, 0.1) is 21.8 Å². The van der Waals surface area contributed by atoms with Crippen LogP contribution in [0.1, 0.15) is 55.1 Å². The molecule has 0 bridgehead atoms. The summed E-state index contributed by atoms with van der Waals surface area (Å²) in [5, 5.41) is 10.4. The maximum Gasteiger partial charge on any atom is 0.177 e. The molecule has 3 aromatic heterocycles. The van der Waals surface area contributed by atoms with Crippen molar-refractivity contribution in [2.24, 2.45) is 7.05 Å². The predicted molar refractivity (Wildman–Crippen MR) is 108 cm³/mol. The van der Waals surface area contributed by atoms with Gasteiger partial charge in [-0.2, -0.15) is 9.78 Å². The second-order valence-corrected chi connectivity index (χ2v) is 8.77. The largest absolute Gasteiger partial charge is 0.306 e. The Morgan fingerprint density at radius 2 is 2.04 bits per heavy atom. The van der Waals surface area contributed by atoms with Crippen molar-refractivity contribution >= 4 is 11.3 Å². The highest BCUT2D eigenvalue weighted by Gasteiger charge is 2.27. The zero-order valence-electron chi connectivity index (χ0n) is 16.7. The van der Waals surface area contributed by atoms with E-state index in [0.29, 0.717) is 11.8 Å². The van der Waals surface area contributed by atoms with Crippen LogP contribution < -0.4 is 0 Å². The van der Waals surface area contributed by atoms with E-state index in [4.69, 9.17) is 15.1 Å². The highest BCUT2D eigenvalue weighted by atomic mass is 32.1. The van der Waals surface area contributed by atoms with Crippen LogP contribution >= 0.6 is 11.3 Å². The van der Waals surface area contributed by atoms with Crippen molar-refractivity contribution in [3.05, 3.63) is 28.8 Å². The molecule has 0 spiro atoms. The lowest BCUT2D eigenvalue weighted by atomic mass is 9.98. The quantitative estimate of drug-likeness (QED) is 0.689. The van der Waals surface area contributed by atoms with E-state index in [0.717, 1.165) is 52.6 Å². The summed E-state index contributed by atoms with van der Waals surface area (Å²) in [6, 6.07) is 1.98. The van der Waals surface area contributed by atoms with Crippen molar-refractivity contribution in [3.8, 4) is 16.5 Å². The van der Waals surface area contributed by atoms with E-state index in [2.05, 4.69) is 37.8 Å². The summed E-state index contributed by atoms with van der Waals surface area (Å²) in [5.74, 6) is 3.50. The predicted octanol–water partition coefficient (Wildman–Crippen LogP) is 3.37. The average Bonchev–Trinajstić information content (AvgIpc) is 3.32. The Morgan fingerprint density at radius 3 is 2.67 bits per heavy atom. The van der Waals surface area contributed by atoms with E-state index < -0.39 is 0 Å². The first-order valence-electron chi connectivity index (χ1n) is 9.55. The lowest BCUT2D eigenvalue weighted by molar-refractivity contribution is 0.246. The van der Waals surface area contributed by atoms with Gasteiger partial charge >= 0.3 is 0 Å². The van der Waals surface area contributed by atoms with Crippen LogP contribution in [-0.4, -0.2) is 54.6 Å². The molecule has 0 N–H and O–H groups in total. The number of hydrogen-bond acceptors (Lipinski definition) is 6. The number of piperidine rings is 1. The van der Waals surface area contributed by atoms with Gasteiger partial charge in [-0.15, -0.1) is 16.4 Å². The van der Waals surface area contributed by atoms with Crippen LogP contribution in [0.25, 0.3) is 16.5 Å². The summed E-state index contributed by atoms with van der Waals surface area (Å²) in [7, 11) is 4.11. The SMILES string of the molecule is Cc1nc(C(C)C)sc1-c1nc(C2CCCN(C)C2)nn1-c1ccnn1C. The van der Waals surface area contributed by atoms with Gasteiger partial charge in [0.25, 0.3) is 0 Å². The monoisotopic (exact) mass is 385 g/mol. The molecule has 0 amide bonds. The molecule has 1 aliphatic heterocycles. The molecule has 0 saturated carbocycles. The topological polar surface area (TPSA) is 64.7 Å². The van der Waals surface area contributed by atoms with Crippen LogP contribution in [0.3, 0.4) is 0 Å². The first-order chi connectivity index (χ1) is 12.9. The van der Waals surface area contributed by atoms with Gasteiger partial charge in [-0.25, -0.2) is 9.97 Å².